The number of aromatic nitrogens is 4. The number of thioether (sulfide) groups is 1. The van der Waals surface area contributed by atoms with Gasteiger partial charge >= 0.3 is 0 Å². The maximum Gasteiger partial charge on any atom is 0.255 e. The lowest BCUT2D eigenvalue weighted by Gasteiger charge is -2.06. The van der Waals surface area contributed by atoms with Gasteiger partial charge in [0, 0.05) is 16.9 Å². The molecule has 0 aliphatic rings. The molecule has 0 spiro atoms. The smallest absolute Gasteiger partial charge is 0.255 e. The SMILES string of the molecule is Cc1c(C)n2c(SCC(=O)Nc3ccc(F)cc3)nnc2[nH]c1=O. The third-order valence-electron chi connectivity index (χ3n) is 3.54. The minimum Gasteiger partial charge on any atom is -0.325 e. The molecule has 2 aromatic heterocycles. The molecule has 3 rings (SSSR count). The highest BCUT2D eigenvalue weighted by atomic mass is 32.2. The van der Waals surface area contributed by atoms with Crippen LogP contribution in [0.25, 0.3) is 5.78 Å². The fraction of sp³-hybridized carbons (Fsp3) is 0.200. The molecular weight excluding hydrogens is 333 g/mol. The highest BCUT2D eigenvalue weighted by molar-refractivity contribution is 7.99. The van der Waals surface area contributed by atoms with Gasteiger partial charge in [0.25, 0.3) is 5.56 Å². The molecule has 7 nitrogen and oxygen atoms in total. The topological polar surface area (TPSA) is 92.2 Å². The van der Waals surface area contributed by atoms with Crippen molar-refractivity contribution in [1.82, 2.24) is 19.6 Å². The van der Waals surface area contributed by atoms with Crippen LogP contribution >= 0.6 is 11.8 Å². The van der Waals surface area contributed by atoms with Crippen molar-refractivity contribution in [2.45, 2.75) is 19.0 Å². The Hall–Kier alpha value is -2.68. The van der Waals surface area contributed by atoms with Crippen LogP contribution in [0, 0.1) is 19.7 Å². The number of halogens is 1. The monoisotopic (exact) mass is 347 g/mol. The summed E-state index contributed by atoms with van der Waals surface area (Å²) in [4.78, 5) is 26.4. The number of nitrogens with one attached hydrogen (secondary N) is 2. The van der Waals surface area contributed by atoms with Gasteiger partial charge in [-0.2, -0.15) is 0 Å². The Kier molecular flexibility index (Phi) is 4.34. The highest BCUT2D eigenvalue weighted by Gasteiger charge is 2.14. The number of benzene rings is 1. The van der Waals surface area contributed by atoms with Crippen LogP contribution in [-0.2, 0) is 4.79 Å². The molecule has 0 unspecified atom stereocenters. The third kappa shape index (κ3) is 3.16. The van der Waals surface area contributed by atoms with Gasteiger partial charge < -0.3 is 5.32 Å². The first-order chi connectivity index (χ1) is 11.5. The minimum absolute atomic E-state index is 0.107. The van der Waals surface area contributed by atoms with Crippen molar-refractivity contribution in [3.05, 3.63) is 51.7 Å². The Morgan fingerprint density at radius 3 is 2.71 bits per heavy atom. The van der Waals surface area contributed by atoms with Crippen LogP contribution < -0.4 is 10.9 Å². The molecule has 24 heavy (non-hydrogen) atoms. The van der Waals surface area contributed by atoms with E-state index < -0.39 is 0 Å². The predicted octanol–water partition coefficient (Wildman–Crippen LogP) is 1.90. The zero-order valence-electron chi connectivity index (χ0n) is 13.0. The van der Waals surface area contributed by atoms with Crippen molar-refractivity contribution in [2.75, 3.05) is 11.1 Å². The van der Waals surface area contributed by atoms with Crippen LogP contribution in [0.4, 0.5) is 10.1 Å². The van der Waals surface area contributed by atoms with E-state index in [4.69, 9.17) is 0 Å². The fourth-order valence-corrected chi connectivity index (χ4v) is 2.92. The van der Waals surface area contributed by atoms with Crippen molar-refractivity contribution in [3.8, 4) is 0 Å². The van der Waals surface area contributed by atoms with Crippen LogP contribution in [0.5, 0.6) is 0 Å². The summed E-state index contributed by atoms with van der Waals surface area (Å²) in [6.07, 6.45) is 0. The molecule has 0 saturated heterocycles. The van der Waals surface area contributed by atoms with E-state index in [1.54, 1.807) is 18.2 Å². The van der Waals surface area contributed by atoms with E-state index in [9.17, 15) is 14.0 Å². The number of nitrogens with zero attached hydrogens (tertiary/aromatic N) is 3. The minimum atomic E-state index is -0.364. The molecule has 2 N–H and O–H groups in total. The summed E-state index contributed by atoms with van der Waals surface area (Å²) in [5.41, 5.74) is 1.60. The molecular formula is C15H14FN5O2S. The second kappa shape index (κ2) is 6.44. The second-order valence-corrected chi connectivity index (χ2v) is 6.09. The summed E-state index contributed by atoms with van der Waals surface area (Å²) in [5, 5.41) is 11.1. The number of hydrogen-bond donors (Lipinski definition) is 2. The molecule has 9 heteroatoms. The van der Waals surface area contributed by atoms with Gasteiger partial charge in [0.15, 0.2) is 5.16 Å². The number of amides is 1. The average Bonchev–Trinajstić information content (AvgIpc) is 2.96. The summed E-state index contributed by atoms with van der Waals surface area (Å²) in [6, 6.07) is 5.53. The van der Waals surface area contributed by atoms with Crippen LogP contribution in [-0.4, -0.2) is 31.2 Å². The first-order valence-corrected chi connectivity index (χ1v) is 8.07. The van der Waals surface area contributed by atoms with Crippen molar-refractivity contribution in [1.29, 1.82) is 0 Å². The van der Waals surface area contributed by atoms with Gasteiger partial charge in [0.1, 0.15) is 5.82 Å². The molecule has 0 aliphatic carbocycles. The van der Waals surface area contributed by atoms with E-state index in [2.05, 4.69) is 20.5 Å². The quantitative estimate of drug-likeness (QED) is 0.703. The number of anilines is 1. The maximum absolute atomic E-state index is 12.8. The number of aryl methyl sites for hydroxylation is 1. The van der Waals surface area contributed by atoms with E-state index in [1.807, 2.05) is 0 Å². The molecule has 124 valence electrons. The number of rotatable bonds is 4. The second-order valence-electron chi connectivity index (χ2n) is 5.15. The van der Waals surface area contributed by atoms with E-state index in [0.717, 1.165) is 5.69 Å². The van der Waals surface area contributed by atoms with E-state index in [1.165, 1.54) is 36.0 Å². The Labute approximate surface area is 140 Å². The van der Waals surface area contributed by atoms with Crippen molar-refractivity contribution < 1.29 is 9.18 Å². The third-order valence-corrected chi connectivity index (χ3v) is 4.47. The molecule has 0 saturated carbocycles. The standard InChI is InChI=1S/C15H14FN5O2S/c1-8-9(2)21-14(18-13(8)23)19-20-15(21)24-7-12(22)17-11-5-3-10(16)4-6-11/h3-6H,7H2,1-2H3,(H,17,22)(H,18,19,23). The molecule has 0 fully saturated rings. The van der Waals surface area contributed by atoms with Gasteiger partial charge in [-0.15, -0.1) is 10.2 Å². The van der Waals surface area contributed by atoms with Crippen LogP contribution in [0.1, 0.15) is 11.3 Å². The molecule has 0 aliphatic heterocycles. The van der Waals surface area contributed by atoms with Crippen molar-refractivity contribution in [3.63, 3.8) is 0 Å². The van der Waals surface area contributed by atoms with Crippen molar-refractivity contribution >= 4 is 29.1 Å². The Balaban J connectivity index is 1.74. The molecule has 2 heterocycles. The molecule has 0 radical (unpaired) electrons. The maximum atomic E-state index is 12.8. The molecule has 1 amide bonds. The Morgan fingerprint density at radius 2 is 2.00 bits per heavy atom. The summed E-state index contributed by atoms with van der Waals surface area (Å²) < 4.78 is 14.5. The summed E-state index contributed by atoms with van der Waals surface area (Å²) >= 11 is 1.20. The molecule has 0 atom stereocenters. The highest BCUT2D eigenvalue weighted by Crippen LogP contribution is 2.18. The number of carbonyl (C=O) groups is 1. The van der Waals surface area contributed by atoms with Gasteiger partial charge in [0.2, 0.25) is 11.7 Å². The first-order valence-electron chi connectivity index (χ1n) is 7.08. The first kappa shape index (κ1) is 16.2. The largest absolute Gasteiger partial charge is 0.325 e. The zero-order chi connectivity index (χ0) is 17.3. The number of H-pyrrole nitrogens is 1. The average molecular weight is 347 g/mol. The van der Waals surface area contributed by atoms with E-state index in [0.29, 0.717) is 22.2 Å². The zero-order valence-corrected chi connectivity index (χ0v) is 13.8. The molecule has 1 aromatic carbocycles. The number of aromatic amines is 1. The predicted molar refractivity (Wildman–Crippen MR) is 88.8 cm³/mol. The summed E-state index contributed by atoms with van der Waals surface area (Å²) in [5.74, 6) is -0.167. The summed E-state index contributed by atoms with van der Waals surface area (Å²) in [6.45, 7) is 3.51. The van der Waals surface area contributed by atoms with Crippen LogP contribution in [0.2, 0.25) is 0 Å². The molecule has 3 aromatic rings. The van der Waals surface area contributed by atoms with Crippen LogP contribution in [0.15, 0.2) is 34.2 Å². The Bertz CT molecular complexity index is 964. The van der Waals surface area contributed by atoms with Gasteiger partial charge in [-0.3, -0.25) is 19.0 Å². The molecule has 0 bridgehead atoms. The normalized spacial score (nSPS) is 11.0. The fourth-order valence-electron chi connectivity index (χ4n) is 2.13. The lowest BCUT2D eigenvalue weighted by molar-refractivity contribution is -0.113. The lowest BCUT2D eigenvalue weighted by atomic mass is 10.3. The Morgan fingerprint density at radius 1 is 1.29 bits per heavy atom. The van der Waals surface area contributed by atoms with Gasteiger partial charge in [-0.1, -0.05) is 11.8 Å². The van der Waals surface area contributed by atoms with Gasteiger partial charge in [-0.25, -0.2) is 4.39 Å². The van der Waals surface area contributed by atoms with Gasteiger partial charge in [0.05, 0.1) is 5.75 Å². The number of hydrogen-bond acceptors (Lipinski definition) is 5. The lowest BCUT2D eigenvalue weighted by Crippen LogP contribution is -2.16. The van der Waals surface area contributed by atoms with Gasteiger partial charge in [-0.05, 0) is 38.1 Å². The van der Waals surface area contributed by atoms with Crippen LogP contribution in [0.3, 0.4) is 0 Å². The van der Waals surface area contributed by atoms with Crippen molar-refractivity contribution in [2.24, 2.45) is 0 Å². The number of fused-ring (bicyclic) bond motifs is 1. The van der Waals surface area contributed by atoms with E-state index >= 15 is 0 Å². The summed E-state index contributed by atoms with van der Waals surface area (Å²) in [7, 11) is 0. The number of carbonyl (C=O) groups excluding carboxylic acids is 1. The van der Waals surface area contributed by atoms with E-state index in [-0.39, 0.29) is 23.0 Å².